The van der Waals surface area contributed by atoms with E-state index in [1.807, 2.05) is 0 Å². The minimum Gasteiger partial charge on any atom is -0.491 e. The highest BCUT2D eigenvalue weighted by molar-refractivity contribution is 7.53. The average Bonchev–Trinajstić information content (AvgIpc) is 2.39. The van der Waals surface area contributed by atoms with Crippen LogP contribution in [0.5, 0.6) is 5.75 Å². The van der Waals surface area contributed by atoms with E-state index in [-0.39, 0.29) is 23.5 Å². The van der Waals surface area contributed by atoms with E-state index < -0.39 is 7.60 Å². The van der Waals surface area contributed by atoms with Gasteiger partial charge in [-0.05, 0) is 32.9 Å². The summed E-state index contributed by atoms with van der Waals surface area (Å²) in [5.74, 6) is 0.252. The predicted molar refractivity (Wildman–Crippen MR) is 77.7 cm³/mol. The number of hydrogen-bond donors (Lipinski definition) is 0. The quantitative estimate of drug-likeness (QED) is 0.691. The van der Waals surface area contributed by atoms with Crippen molar-refractivity contribution < 1.29 is 18.3 Å². The number of nitrogens with zero attached hydrogens (tertiary/aromatic N) is 1. The van der Waals surface area contributed by atoms with Crippen LogP contribution in [0.15, 0.2) is 23.1 Å². The molecule has 0 aromatic carbocycles. The second kappa shape index (κ2) is 7.62. The molecule has 0 aliphatic carbocycles. The highest BCUT2D eigenvalue weighted by Crippen LogP contribution is 2.50. The Labute approximate surface area is 119 Å². The molecule has 0 radical (unpaired) electrons. The van der Waals surface area contributed by atoms with Crippen LogP contribution in [0.25, 0.3) is 0 Å². The van der Waals surface area contributed by atoms with Crippen molar-refractivity contribution in [2.24, 2.45) is 0 Å². The molecule has 1 aromatic rings. The predicted octanol–water partition coefficient (Wildman–Crippen LogP) is 2.68. The van der Waals surface area contributed by atoms with Gasteiger partial charge in [0, 0.05) is 12.2 Å². The second-order valence-corrected chi connectivity index (χ2v) is 6.37. The summed E-state index contributed by atoms with van der Waals surface area (Å²) in [5, 5.41) is 0. The fraction of sp³-hybridized carbons (Fsp3) is 0.615. The Balaban J connectivity index is 2.98. The van der Waals surface area contributed by atoms with Crippen molar-refractivity contribution in [3.8, 4) is 5.75 Å². The van der Waals surface area contributed by atoms with Crippen LogP contribution in [-0.4, -0.2) is 31.1 Å². The third kappa shape index (κ3) is 4.20. The van der Waals surface area contributed by atoms with Crippen LogP contribution in [0.1, 0.15) is 26.8 Å². The second-order valence-electron chi connectivity index (χ2n) is 4.27. The maximum Gasteiger partial charge on any atom is 0.332 e. The summed E-state index contributed by atoms with van der Waals surface area (Å²) in [4.78, 5) is 12.1. The summed E-state index contributed by atoms with van der Waals surface area (Å²) in [6.45, 7) is 5.92. The van der Waals surface area contributed by atoms with Crippen molar-refractivity contribution in [3.63, 3.8) is 0 Å². The third-order valence-electron chi connectivity index (χ3n) is 2.77. The number of rotatable bonds is 8. The van der Waals surface area contributed by atoms with E-state index in [4.69, 9.17) is 13.8 Å². The summed E-state index contributed by atoms with van der Waals surface area (Å²) < 4.78 is 29.4. The molecule has 1 rings (SSSR count). The van der Waals surface area contributed by atoms with Gasteiger partial charge in [-0.2, -0.15) is 0 Å². The maximum atomic E-state index is 12.5. The molecule has 0 N–H and O–H groups in total. The summed E-state index contributed by atoms with van der Waals surface area (Å²) in [6.07, 6.45) is 1.78. The summed E-state index contributed by atoms with van der Waals surface area (Å²) >= 11 is 0. The lowest BCUT2D eigenvalue weighted by Gasteiger charge is -2.22. The van der Waals surface area contributed by atoms with E-state index in [1.165, 1.54) is 11.7 Å². The molecule has 0 aliphatic heterocycles. The Bertz CT molecular complexity index is 518. The number of methoxy groups -OCH3 is 1. The molecule has 0 spiro atoms. The number of ether oxygens (including phenoxy) is 1. The minimum absolute atomic E-state index is 0.141. The highest BCUT2D eigenvalue weighted by atomic mass is 31.2. The van der Waals surface area contributed by atoms with E-state index in [1.54, 1.807) is 39.1 Å². The van der Waals surface area contributed by atoms with Crippen LogP contribution < -0.4 is 10.3 Å². The maximum absolute atomic E-state index is 12.5. The molecule has 1 atom stereocenters. The number of aromatic nitrogens is 1. The van der Waals surface area contributed by atoms with Crippen LogP contribution in [0.3, 0.4) is 0 Å². The fourth-order valence-corrected chi connectivity index (χ4v) is 3.83. The molecular weight excluding hydrogens is 281 g/mol. The Morgan fingerprint density at radius 3 is 2.40 bits per heavy atom. The van der Waals surface area contributed by atoms with E-state index in [0.717, 1.165) is 0 Å². The van der Waals surface area contributed by atoms with Crippen LogP contribution in [-0.2, 0) is 13.6 Å². The molecular formula is C13H22NO5P. The molecule has 0 aliphatic rings. The van der Waals surface area contributed by atoms with E-state index >= 15 is 0 Å². The molecule has 0 amide bonds. The Hall–Kier alpha value is -1.10. The van der Waals surface area contributed by atoms with Gasteiger partial charge in [0.05, 0.1) is 26.5 Å². The van der Waals surface area contributed by atoms with Crippen molar-refractivity contribution in [1.82, 2.24) is 4.57 Å². The Morgan fingerprint density at radius 2 is 1.90 bits per heavy atom. The molecule has 6 nitrogen and oxygen atoms in total. The smallest absolute Gasteiger partial charge is 0.332 e. The first-order chi connectivity index (χ1) is 9.47. The van der Waals surface area contributed by atoms with Gasteiger partial charge in [-0.25, -0.2) is 0 Å². The number of hydrogen-bond acceptors (Lipinski definition) is 5. The fourth-order valence-electron chi connectivity index (χ4n) is 1.94. The lowest BCUT2D eigenvalue weighted by Crippen LogP contribution is -2.26. The van der Waals surface area contributed by atoms with Gasteiger partial charge in [0.2, 0.25) is 0 Å². The van der Waals surface area contributed by atoms with Crippen molar-refractivity contribution in [3.05, 3.63) is 28.7 Å². The van der Waals surface area contributed by atoms with Gasteiger partial charge in [-0.1, -0.05) is 0 Å². The van der Waals surface area contributed by atoms with Crippen molar-refractivity contribution >= 4 is 7.60 Å². The number of pyridine rings is 1. The average molecular weight is 303 g/mol. The van der Waals surface area contributed by atoms with E-state index in [2.05, 4.69) is 0 Å². The normalized spacial score (nSPS) is 13.2. The first-order valence-corrected chi connectivity index (χ1v) is 8.33. The van der Waals surface area contributed by atoms with Gasteiger partial charge in [0.1, 0.15) is 0 Å². The van der Waals surface area contributed by atoms with Crippen LogP contribution in [0.2, 0.25) is 0 Å². The van der Waals surface area contributed by atoms with Gasteiger partial charge < -0.3 is 18.4 Å². The third-order valence-corrected chi connectivity index (χ3v) is 5.05. The lowest BCUT2D eigenvalue weighted by atomic mass is 10.3. The summed E-state index contributed by atoms with van der Waals surface area (Å²) in [6, 6.07) is 2.99. The van der Waals surface area contributed by atoms with Crippen molar-refractivity contribution in [1.29, 1.82) is 0 Å². The molecule has 1 heterocycles. The Kier molecular flexibility index (Phi) is 6.46. The molecule has 0 fully saturated rings. The topological polar surface area (TPSA) is 66.8 Å². The molecule has 1 unspecified atom stereocenters. The SMILES string of the molecule is CCOP(=O)(CC(C)n1cccc(OC)c1=O)OCC. The first kappa shape index (κ1) is 17.0. The molecule has 114 valence electrons. The monoisotopic (exact) mass is 303 g/mol. The van der Waals surface area contributed by atoms with Crippen molar-refractivity contribution in [2.75, 3.05) is 26.5 Å². The zero-order valence-electron chi connectivity index (χ0n) is 12.4. The lowest BCUT2D eigenvalue weighted by molar-refractivity contribution is 0.216. The standard InChI is InChI=1S/C13H22NO5P/c1-5-18-20(16,19-6-2)10-11(3)14-9-7-8-12(17-4)13(14)15/h7-9,11H,5-6,10H2,1-4H3. The first-order valence-electron chi connectivity index (χ1n) is 6.60. The zero-order chi connectivity index (χ0) is 15.2. The van der Waals surface area contributed by atoms with Crippen LogP contribution >= 0.6 is 7.60 Å². The minimum atomic E-state index is -3.18. The van der Waals surface area contributed by atoms with E-state index in [9.17, 15) is 9.36 Å². The van der Waals surface area contributed by atoms with Gasteiger partial charge in [-0.3, -0.25) is 9.36 Å². The summed E-state index contributed by atoms with van der Waals surface area (Å²) in [7, 11) is -1.74. The van der Waals surface area contributed by atoms with E-state index in [0.29, 0.717) is 13.2 Å². The Morgan fingerprint density at radius 1 is 1.30 bits per heavy atom. The summed E-state index contributed by atoms with van der Waals surface area (Å²) in [5.41, 5.74) is -0.262. The van der Waals surface area contributed by atoms with Crippen LogP contribution in [0.4, 0.5) is 0 Å². The molecule has 1 aromatic heterocycles. The largest absolute Gasteiger partial charge is 0.491 e. The molecule has 0 saturated heterocycles. The molecule has 0 saturated carbocycles. The highest BCUT2D eigenvalue weighted by Gasteiger charge is 2.27. The van der Waals surface area contributed by atoms with Gasteiger partial charge in [0.25, 0.3) is 5.56 Å². The zero-order valence-corrected chi connectivity index (χ0v) is 13.3. The molecule has 0 bridgehead atoms. The molecule has 7 heteroatoms. The van der Waals surface area contributed by atoms with Crippen molar-refractivity contribution in [2.45, 2.75) is 26.8 Å². The molecule has 20 heavy (non-hydrogen) atoms. The van der Waals surface area contributed by atoms with Gasteiger partial charge >= 0.3 is 7.60 Å². The van der Waals surface area contributed by atoms with Gasteiger partial charge in [0.15, 0.2) is 5.75 Å². The van der Waals surface area contributed by atoms with Crippen LogP contribution in [0, 0.1) is 0 Å². The van der Waals surface area contributed by atoms with Gasteiger partial charge in [-0.15, -0.1) is 0 Å².